The summed E-state index contributed by atoms with van der Waals surface area (Å²) in [4.78, 5) is 25.1. The lowest BCUT2D eigenvalue weighted by atomic mass is 10.2. The van der Waals surface area contributed by atoms with Crippen LogP contribution in [0.15, 0.2) is 29.5 Å². The monoisotopic (exact) mass is 279 g/mol. The predicted molar refractivity (Wildman–Crippen MR) is 73.0 cm³/mol. The molecule has 1 aliphatic heterocycles. The van der Waals surface area contributed by atoms with Gasteiger partial charge in [-0.15, -0.1) is 0 Å². The number of nitrogens with zero attached hydrogens (tertiary/aromatic N) is 1. The van der Waals surface area contributed by atoms with Gasteiger partial charge in [0.15, 0.2) is 0 Å². The van der Waals surface area contributed by atoms with E-state index in [1.807, 2.05) is 19.1 Å². The van der Waals surface area contributed by atoms with Crippen molar-refractivity contribution in [1.82, 2.24) is 0 Å². The van der Waals surface area contributed by atoms with Gasteiger partial charge in [-0.2, -0.15) is 0 Å². The van der Waals surface area contributed by atoms with Crippen LogP contribution in [0.4, 0.5) is 5.69 Å². The van der Waals surface area contributed by atoms with E-state index in [-0.39, 0.29) is 12.3 Å². The van der Waals surface area contributed by atoms with Crippen molar-refractivity contribution in [2.24, 2.45) is 0 Å². The Morgan fingerprint density at radius 1 is 1.37 bits per heavy atom. The van der Waals surface area contributed by atoms with Gasteiger partial charge in [-0.3, -0.25) is 9.69 Å². The first kappa shape index (κ1) is 13.6. The molecule has 0 atom stereocenters. The molecule has 0 saturated carbocycles. The number of ether oxygens (including phenoxy) is 1. The molecule has 0 fully saturated rings. The smallest absolute Gasteiger partial charge is 0.336 e. The molecule has 0 saturated heterocycles. The van der Waals surface area contributed by atoms with E-state index < -0.39 is 5.97 Å². The van der Waals surface area contributed by atoms with Crippen molar-refractivity contribution in [2.45, 2.75) is 20.3 Å². The van der Waals surface area contributed by atoms with Crippen LogP contribution in [0.5, 0.6) is 0 Å². The number of carbonyl (C=O) groups excluding carboxylic acids is 2. The molecule has 0 aromatic heterocycles. The lowest BCUT2D eigenvalue weighted by Crippen LogP contribution is -2.23. The Hall–Kier alpha value is -1.81. The fraction of sp³-hybridized carbons (Fsp3) is 0.286. The zero-order chi connectivity index (χ0) is 14.2. The van der Waals surface area contributed by atoms with E-state index in [0.29, 0.717) is 22.0 Å². The molecule has 4 nitrogen and oxygen atoms in total. The summed E-state index contributed by atoms with van der Waals surface area (Å²) in [6, 6.07) is 5.37. The molecule has 0 N–H and O–H groups in total. The first-order valence-corrected chi connectivity index (χ1v) is 6.20. The van der Waals surface area contributed by atoms with Crippen LogP contribution in [0.2, 0.25) is 5.02 Å². The second-order valence-electron chi connectivity index (χ2n) is 4.39. The Morgan fingerprint density at radius 3 is 2.63 bits per heavy atom. The fourth-order valence-corrected chi connectivity index (χ4v) is 2.26. The van der Waals surface area contributed by atoms with E-state index in [9.17, 15) is 9.59 Å². The van der Waals surface area contributed by atoms with Gasteiger partial charge in [0.2, 0.25) is 5.91 Å². The summed E-state index contributed by atoms with van der Waals surface area (Å²) in [5, 5.41) is 0.588. The van der Waals surface area contributed by atoms with Crippen molar-refractivity contribution in [1.29, 1.82) is 0 Å². The van der Waals surface area contributed by atoms with Gasteiger partial charge in [0, 0.05) is 10.7 Å². The molecule has 0 unspecified atom stereocenters. The molecule has 0 aliphatic carbocycles. The van der Waals surface area contributed by atoms with Gasteiger partial charge in [-0.1, -0.05) is 17.7 Å². The molecule has 1 aliphatic rings. The van der Waals surface area contributed by atoms with Crippen LogP contribution in [-0.4, -0.2) is 19.0 Å². The number of esters is 1. The highest BCUT2D eigenvalue weighted by Crippen LogP contribution is 2.32. The third-order valence-electron chi connectivity index (χ3n) is 3.19. The molecule has 19 heavy (non-hydrogen) atoms. The predicted octanol–water partition coefficient (Wildman–Crippen LogP) is 2.83. The molecule has 5 heteroatoms. The van der Waals surface area contributed by atoms with Crippen LogP contribution in [0.3, 0.4) is 0 Å². The fourth-order valence-electron chi connectivity index (χ4n) is 2.08. The molecular formula is C14H14ClNO3. The number of carbonyl (C=O) groups is 2. The van der Waals surface area contributed by atoms with Crippen molar-refractivity contribution in [3.63, 3.8) is 0 Å². The first-order chi connectivity index (χ1) is 8.95. The standard InChI is InChI=1S/C14H14ClNO3/c1-8-4-5-10(6-12(8)15)16-9(2)11(7-13(16)17)14(18)19-3/h4-6H,7H2,1-3H3. The maximum atomic E-state index is 12.0. The molecule has 0 bridgehead atoms. The average molecular weight is 280 g/mol. The topological polar surface area (TPSA) is 46.6 Å². The van der Waals surface area contributed by atoms with Gasteiger partial charge in [0.25, 0.3) is 0 Å². The molecule has 0 radical (unpaired) electrons. The third kappa shape index (κ3) is 2.36. The first-order valence-electron chi connectivity index (χ1n) is 5.83. The number of anilines is 1. The Balaban J connectivity index is 2.44. The number of methoxy groups -OCH3 is 1. The summed E-state index contributed by atoms with van der Waals surface area (Å²) in [5.74, 6) is -0.621. The summed E-state index contributed by atoms with van der Waals surface area (Å²) in [5.41, 5.74) is 2.59. The highest BCUT2D eigenvalue weighted by atomic mass is 35.5. The number of rotatable bonds is 2. The minimum Gasteiger partial charge on any atom is -0.466 e. The number of benzene rings is 1. The Morgan fingerprint density at radius 2 is 2.05 bits per heavy atom. The molecule has 100 valence electrons. The van der Waals surface area contributed by atoms with Crippen LogP contribution >= 0.6 is 11.6 Å². The zero-order valence-corrected chi connectivity index (χ0v) is 11.7. The Labute approximate surface area is 116 Å². The van der Waals surface area contributed by atoms with E-state index in [0.717, 1.165) is 5.56 Å². The van der Waals surface area contributed by atoms with E-state index in [1.165, 1.54) is 12.0 Å². The summed E-state index contributed by atoms with van der Waals surface area (Å²) in [6.07, 6.45) is 0.0595. The van der Waals surface area contributed by atoms with E-state index in [4.69, 9.17) is 11.6 Å². The van der Waals surface area contributed by atoms with E-state index in [1.54, 1.807) is 13.0 Å². The van der Waals surface area contributed by atoms with Gasteiger partial charge >= 0.3 is 5.97 Å². The van der Waals surface area contributed by atoms with Gasteiger partial charge in [-0.25, -0.2) is 4.79 Å². The number of hydrogen-bond donors (Lipinski definition) is 0. The van der Waals surface area contributed by atoms with Gasteiger partial charge in [-0.05, 0) is 31.5 Å². The minimum atomic E-state index is -0.466. The van der Waals surface area contributed by atoms with E-state index in [2.05, 4.69) is 4.74 Å². The summed E-state index contributed by atoms with van der Waals surface area (Å²) >= 11 is 6.07. The number of halogens is 1. The van der Waals surface area contributed by atoms with Crippen LogP contribution in [0.1, 0.15) is 18.9 Å². The third-order valence-corrected chi connectivity index (χ3v) is 3.60. The van der Waals surface area contributed by atoms with Crippen molar-refractivity contribution >= 4 is 29.2 Å². The minimum absolute atomic E-state index is 0.0595. The molecule has 1 aromatic carbocycles. The van der Waals surface area contributed by atoms with Crippen LogP contribution in [0.25, 0.3) is 0 Å². The second-order valence-corrected chi connectivity index (χ2v) is 4.80. The van der Waals surface area contributed by atoms with Crippen molar-refractivity contribution in [2.75, 3.05) is 12.0 Å². The SMILES string of the molecule is COC(=O)C1=C(C)N(c2ccc(C)c(Cl)c2)C(=O)C1. The highest BCUT2D eigenvalue weighted by molar-refractivity contribution is 6.31. The Bertz CT molecular complexity index is 592. The summed E-state index contributed by atoms with van der Waals surface area (Å²) in [7, 11) is 1.30. The Kier molecular flexibility index (Phi) is 3.62. The molecule has 2 rings (SSSR count). The maximum absolute atomic E-state index is 12.0. The highest BCUT2D eigenvalue weighted by Gasteiger charge is 2.32. The molecule has 1 amide bonds. The normalized spacial score (nSPS) is 15.2. The quantitative estimate of drug-likeness (QED) is 0.782. The number of amides is 1. The van der Waals surface area contributed by atoms with Crippen LogP contribution in [0, 0.1) is 6.92 Å². The van der Waals surface area contributed by atoms with E-state index >= 15 is 0 Å². The largest absolute Gasteiger partial charge is 0.466 e. The number of hydrogen-bond acceptors (Lipinski definition) is 3. The zero-order valence-electron chi connectivity index (χ0n) is 11.0. The number of aryl methyl sites for hydroxylation is 1. The van der Waals surface area contributed by atoms with Gasteiger partial charge in [0.05, 0.1) is 24.8 Å². The van der Waals surface area contributed by atoms with Crippen molar-refractivity contribution < 1.29 is 14.3 Å². The average Bonchev–Trinajstić information content (AvgIpc) is 2.68. The van der Waals surface area contributed by atoms with Crippen molar-refractivity contribution in [3.05, 3.63) is 40.1 Å². The summed E-state index contributed by atoms with van der Waals surface area (Å²) < 4.78 is 4.68. The lowest BCUT2D eigenvalue weighted by molar-refractivity contribution is -0.136. The van der Waals surface area contributed by atoms with Gasteiger partial charge in [0.1, 0.15) is 0 Å². The van der Waals surface area contributed by atoms with Crippen molar-refractivity contribution in [3.8, 4) is 0 Å². The number of allylic oxidation sites excluding steroid dienone is 1. The van der Waals surface area contributed by atoms with Crippen LogP contribution in [-0.2, 0) is 14.3 Å². The molecular weight excluding hydrogens is 266 g/mol. The molecule has 1 aromatic rings. The molecule has 0 spiro atoms. The van der Waals surface area contributed by atoms with Crippen LogP contribution < -0.4 is 4.90 Å². The molecule has 1 heterocycles. The second kappa shape index (κ2) is 5.05. The lowest BCUT2D eigenvalue weighted by Gasteiger charge is -2.18. The van der Waals surface area contributed by atoms with Gasteiger partial charge < -0.3 is 4.74 Å². The summed E-state index contributed by atoms with van der Waals surface area (Å²) in [6.45, 7) is 3.62. The maximum Gasteiger partial charge on any atom is 0.336 e.